The number of halogens is 1. The Morgan fingerprint density at radius 1 is 1.09 bits per heavy atom. The molecule has 4 fully saturated rings. The fraction of sp³-hybridized carbons (Fsp3) is 0.638. The number of imide groups is 1. The lowest BCUT2D eigenvalue weighted by atomic mass is 9.82. The first kappa shape index (κ1) is 51.7. The predicted octanol–water partition coefficient (Wildman–Crippen LogP) is 4.66. The molecule has 0 spiro atoms. The highest BCUT2D eigenvalue weighted by atomic mass is 35.5. The Hall–Kier alpha value is -4.69. The van der Waals surface area contributed by atoms with E-state index in [2.05, 4.69) is 5.32 Å². The average molecular weight is 976 g/mol. The lowest BCUT2D eigenvalue weighted by Crippen LogP contribution is -2.63. The number of nitrogens with one attached hydrogen (secondary N) is 1. The number of esters is 1. The van der Waals surface area contributed by atoms with Crippen molar-refractivity contribution in [1.29, 1.82) is 0 Å². The van der Waals surface area contributed by atoms with E-state index in [4.69, 9.17) is 35.3 Å². The standard InChI is InChI=1S/C47H63ClN4O14S/c1-25-10-9-11-35(63-8)47(61)23-33(64-45(60)49-47)26(2)41-46(4,66-41)36(22-38(54)51(6)31-19-29(18-25)20-32(62-7)40(31)48)65-44(59)27(3)50(5)37(53)16-17-67-34-21-39(55)52(42(34)56)24-28-12-14-30(15-13-28)43(57)58/h9-11,19-20,26-28,30,33-36,41,61H,12-18,21-24H2,1-8H3,(H,49,60)(H,57,58)/b11-9+,25-10+/t26-,27+,28?,30?,33+,34-,35-,36+,41+,46+,47+/m1/s1. The number of carbonyl (C=O) groups excluding carboxylic acids is 6. The highest BCUT2D eigenvalue weighted by Gasteiger charge is 2.64. The van der Waals surface area contributed by atoms with Crippen molar-refractivity contribution in [2.24, 2.45) is 17.8 Å². The number of hydrogen-bond donors (Lipinski definition) is 3. The number of alkyl carbamates (subject to hydrolysis) is 1. The number of carboxylic acids is 1. The van der Waals surface area contributed by atoms with Gasteiger partial charge in [0, 0.05) is 58.7 Å². The van der Waals surface area contributed by atoms with Crippen molar-refractivity contribution in [1.82, 2.24) is 15.1 Å². The van der Waals surface area contributed by atoms with Crippen LogP contribution in [0.25, 0.3) is 0 Å². The predicted molar refractivity (Wildman–Crippen MR) is 246 cm³/mol. The van der Waals surface area contributed by atoms with E-state index in [0.29, 0.717) is 43.5 Å². The lowest BCUT2D eigenvalue weighted by molar-refractivity contribution is -0.162. The van der Waals surface area contributed by atoms with Crippen molar-refractivity contribution >= 4 is 70.7 Å². The Morgan fingerprint density at radius 2 is 1.79 bits per heavy atom. The van der Waals surface area contributed by atoms with Crippen LogP contribution in [0, 0.1) is 17.8 Å². The molecule has 1 aromatic rings. The molecule has 0 radical (unpaired) electrons. The van der Waals surface area contributed by atoms with Crippen molar-refractivity contribution in [3.8, 4) is 5.75 Å². The number of nitrogens with zero attached hydrogens (tertiary/aromatic N) is 3. The van der Waals surface area contributed by atoms with Crippen molar-refractivity contribution in [3.05, 3.63) is 46.5 Å². The summed E-state index contributed by atoms with van der Waals surface area (Å²) >= 11 is 8.00. The van der Waals surface area contributed by atoms with Crippen LogP contribution in [0.5, 0.6) is 5.75 Å². The van der Waals surface area contributed by atoms with Crippen LogP contribution in [0.2, 0.25) is 5.02 Å². The molecule has 1 aromatic carbocycles. The number of fused-ring (bicyclic) bond motifs is 5. The molecular formula is C47H63ClN4O14S. The maximum Gasteiger partial charge on any atom is 0.409 e. The average Bonchev–Trinajstić information content (AvgIpc) is 3.91. The molecule has 4 heterocycles. The summed E-state index contributed by atoms with van der Waals surface area (Å²) in [4.78, 5) is 96.2. The van der Waals surface area contributed by atoms with Crippen LogP contribution in [0.4, 0.5) is 10.5 Å². The van der Waals surface area contributed by atoms with Gasteiger partial charge in [0.2, 0.25) is 23.6 Å². The number of likely N-dealkylation sites (tertiary alicyclic amines) is 1. The van der Waals surface area contributed by atoms with Gasteiger partial charge < -0.3 is 43.7 Å². The van der Waals surface area contributed by atoms with Gasteiger partial charge >= 0.3 is 18.0 Å². The third-order valence-electron chi connectivity index (χ3n) is 14.0. The number of aliphatic hydroxyl groups is 1. The summed E-state index contributed by atoms with van der Waals surface area (Å²) in [7, 11) is 5.87. The molecule has 4 bridgehead atoms. The number of benzene rings is 1. The zero-order chi connectivity index (χ0) is 49.1. The molecule has 67 heavy (non-hydrogen) atoms. The Kier molecular flexibility index (Phi) is 16.4. The Bertz CT molecular complexity index is 2170. The van der Waals surface area contributed by atoms with Crippen LogP contribution in [0.15, 0.2) is 35.9 Å². The molecule has 1 aliphatic carbocycles. The van der Waals surface area contributed by atoms with E-state index < -0.39 is 88.7 Å². The first-order valence-electron chi connectivity index (χ1n) is 22.6. The monoisotopic (exact) mass is 974 g/mol. The van der Waals surface area contributed by atoms with E-state index in [1.165, 1.54) is 54.7 Å². The second kappa shape index (κ2) is 21.3. The summed E-state index contributed by atoms with van der Waals surface area (Å²) in [6.07, 6.45) is 2.63. The summed E-state index contributed by atoms with van der Waals surface area (Å²) < 4.78 is 29.4. The van der Waals surface area contributed by atoms with E-state index in [-0.39, 0.29) is 60.7 Å². The number of epoxide rings is 1. The van der Waals surface area contributed by atoms with Crippen LogP contribution in [0.3, 0.4) is 0 Å². The molecule has 4 aliphatic heterocycles. The molecule has 5 amide bonds. The van der Waals surface area contributed by atoms with Gasteiger partial charge in [-0.15, -0.1) is 11.8 Å². The summed E-state index contributed by atoms with van der Waals surface area (Å²) in [6, 6.07) is 2.40. The van der Waals surface area contributed by atoms with Crippen molar-refractivity contribution < 1.29 is 67.5 Å². The quantitative estimate of drug-likeness (QED) is 0.147. The summed E-state index contributed by atoms with van der Waals surface area (Å²) in [5.41, 5.74) is -1.16. The first-order valence-corrected chi connectivity index (χ1v) is 24.1. The molecule has 20 heteroatoms. The van der Waals surface area contributed by atoms with Gasteiger partial charge in [0.1, 0.15) is 40.7 Å². The van der Waals surface area contributed by atoms with Gasteiger partial charge in [-0.2, -0.15) is 0 Å². The first-order chi connectivity index (χ1) is 31.6. The van der Waals surface area contributed by atoms with Crippen molar-refractivity contribution in [2.75, 3.05) is 45.5 Å². The molecule has 9 atom stereocenters. The number of likely N-dealkylation sites (N-methyl/N-ethyl adjacent to an activating group) is 1. The number of carbonyl (C=O) groups is 7. The Labute approximate surface area is 400 Å². The Morgan fingerprint density at radius 3 is 2.45 bits per heavy atom. The molecule has 0 aromatic heterocycles. The van der Waals surface area contributed by atoms with E-state index in [1.807, 2.05) is 13.0 Å². The fourth-order valence-electron chi connectivity index (χ4n) is 9.51. The summed E-state index contributed by atoms with van der Waals surface area (Å²) in [6.45, 7) is 7.10. The minimum atomic E-state index is -1.88. The molecule has 5 aliphatic rings. The van der Waals surface area contributed by atoms with Crippen molar-refractivity contribution in [2.45, 2.75) is 133 Å². The van der Waals surface area contributed by atoms with E-state index in [1.54, 1.807) is 45.2 Å². The Balaban J connectivity index is 1.16. The minimum Gasteiger partial charge on any atom is -0.495 e. The number of allylic oxidation sites excluding steroid dienone is 3. The second-order valence-corrected chi connectivity index (χ2v) is 20.3. The zero-order valence-corrected chi connectivity index (χ0v) is 40.9. The van der Waals surface area contributed by atoms with Crippen LogP contribution < -0.4 is 15.0 Å². The molecule has 6 rings (SSSR count). The maximum absolute atomic E-state index is 14.3. The number of methoxy groups -OCH3 is 2. The number of ether oxygens (including phenoxy) is 5. The van der Waals surface area contributed by atoms with E-state index in [9.17, 15) is 43.8 Å². The van der Waals surface area contributed by atoms with Gasteiger partial charge in [-0.3, -0.25) is 34.2 Å². The number of thioether (sulfide) groups is 1. The molecule has 3 N–H and O–H groups in total. The van der Waals surface area contributed by atoms with Gasteiger partial charge in [-0.05, 0) is 76.5 Å². The zero-order valence-electron chi connectivity index (χ0n) is 39.3. The van der Waals surface area contributed by atoms with Gasteiger partial charge in [0.05, 0.1) is 36.5 Å². The topological polar surface area (TPSA) is 231 Å². The third kappa shape index (κ3) is 11.6. The fourth-order valence-corrected chi connectivity index (χ4v) is 10.9. The molecule has 0 unspecified atom stereocenters. The smallest absolute Gasteiger partial charge is 0.409 e. The molecule has 18 nitrogen and oxygen atoms in total. The highest BCUT2D eigenvalue weighted by Crippen LogP contribution is 2.49. The number of amides is 5. The largest absolute Gasteiger partial charge is 0.495 e. The molecule has 1 saturated carbocycles. The summed E-state index contributed by atoms with van der Waals surface area (Å²) in [5.74, 6) is -3.58. The van der Waals surface area contributed by atoms with Crippen LogP contribution >= 0.6 is 23.4 Å². The van der Waals surface area contributed by atoms with Crippen LogP contribution in [0.1, 0.15) is 84.6 Å². The van der Waals surface area contributed by atoms with Gasteiger partial charge in [0.25, 0.3) is 0 Å². The number of hydrogen-bond acceptors (Lipinski definition) is 14. The summed E-state index contributed by atoms with van der Waals surface area (Å²) in [5, 5.41) is 23.2. The minimum absolute atomic E-state index is 0.00460. The molecule has 3 saturated heterocycles. The third-order valence-corrected chi connectivity index (χ3v) is 15.6. The van der Waals surface area contributed by atoms with Crippen LogP contribution in [-0.4, -0.2) is 149 Å². The SMILES string of the molecule is COc1cc2cc(c1Cl)N(C)C(=O)C[C@H](OC(=O)[C@H](C)N(C)C(=O)CCS[C@@H]1CC(=O)N(CC3CCC(C(=O)O)CC3)C1=O)[C@]1(C)O[C@H]1[C@H](C)[C@@H]1C[C@@](O)(NC(=O)O1)[C@H](OC)/C=C/C=C(\C)C2. The van der Waals surface area contributed by atoms with Gasteiger partial charge in [-0.1, -0.05) is 42.3 Å². The van der Waals surface area contributed by atoms with Gasteiger partial charge in [-0.25, -0.2) is 9.59 Å². The molecule has 368 valence electrons. The number of carboxylic acid groups (broad SMARTS) is 1. The normalized spacial score (nSPS) is 33.1. The van der Waals surface area contributed by atoms with Crippen molar-refractivity contribution in [3.63, 3.8) is 0 Å². The highest BCUT2D eigenvalue weighted by molar-refractivity contribution is 8.00. The van der Waals surface area contributed by atoms with E-state index >= 15 is 0 Å². The lowest BCUT2D eigenvalue weighted by Gasteiger charge is -2.42. The second-order valence-electron chi connectivity index (χ2n) is 18.6. The van der Waals surface area contributed by atoms with E-state index in [0.717, 1.165) is 11.1 Å². The maximum atomic E-state index is 14.3. The van der Waals surface area contributed by atoms with Gasteiger partial charge in [0.15, 0.2) is 5.72 Å². The molecular weight excluding hydrogens is 912 g/mol. The number of rotatable bonds is 12. The number of aliphatic carboxylic acids is 1. The van der Waals surface area contributed by atoms with Crippen LogP contribution in [-0.2, 0) is 54.1 Å². The number of anilines is 1.